The van der Waals surface area contributed by atoms with Gasteiger partial charge in [-0.05, 0) is 57.6 Å². The maximum atomic E-state index is 5.44. The maximum absolute atomic E-state index is 5.44. The van der Waals surface area contributed by atoms with Crippen LogP contribution in [-0.4, -0.2) is 89.4 Å². The lowest BCUT2D eigenvalue weighted by molar-refractivity contribution is 0.162. The number of hydrogen-bond acceptors (Lipinski definition) is 5. The molecular formula is C22H39N5O2. The number of aliphatic imine (C=N–C) groups is 1. The summed E-state index contributed by atoms with van der Waals surface area (Å²) < 4.78 is 10.6. The van der Waals surface area contributed by atoms with Gasteiger partial charge in [-0.1, -0.05) is 12.1 Å². The molecule has 1 aliphatic rings. The first-order valence-electron chi connectivity index (χ1n) is 10.8. The van der Waals surface area contributed by atoms with E-state index >= 15 is 0 Å². The summed E-state index contributed by atoms with van der Waals surface area (Å²) >= 11 is 0. The van der Waals surface area contributed by atoms with E-state index in [1.807, 2.05) is 6.07 Å². The van der Waals surface area contributed by atoms with Gasteiger partial charge < -0.3 is 25.0 Å². The fraction of sp³-hybridized carbons (Fsp3) is 0.682. The molecule has 0 aromatic heterocycles. The van der Waals surface area contributed by atoms with E-state index in [4.69, 9.17) is 14.5 Å². The molecule has 1 saturated heterocycles. The predicted molar refractivity (Wildman–Crippen MR) is 120 cm³/mol. The Morgan fingerprint density at radius 1 is 1.21 bits per heavy atom. The van der Waals surface area contributed by atoms with Crippen molar-refractivity contribution >= 4 is 5.96 Å². The fourth-order valence-electron chi connectivity index (χ4n) is 3.58. The van der Waals surface area contributed by atoms with E-state index in [1.54, 1.807) is 14.2 Å². The summed E-state index contributed by atoms with van der Waals surface area (Å²) in [4.78, 5) is 9.71. The highest BCUT2D eigenvalue weighted by Crippen LogP contribution is 2.27. The SMILES string of the molecule is CCNC(=NCC(c1cccc(OC)c1)N1CCCC1)NCCN(C)CCOC. The van der Waals surface area contributed by atoms with E-state index in [2.05, 4.69) is 52.6 Å². The molecule has 164 valence electrons. The Bertz CT molecular complexity index is 605. The third-order valence-corrected chi connectivity index (χ3v) is 5.29. The average molecular weight is 406 g/mol. The molecule has 1 aliphatic heterocycles. The van der Waals surface area contributed by atoms with Crippen LogP contribution in [0, 0.1) is 0 Å². The van der Waals surface area contributed by atoms with Crippen molar-refractivity contribution in [3.8, 4) is 5.75 Å². The second-order valence-electron chi connectivity index (χ2n) is 7.48. The van der Waals surface area contributed by atoms with E-state index in [-0.39, 0.29) is 6.04 Å². The number of nitrogens with one attached hydrogen (secondary N) is 2. The minimum atomic E-state index is 0.271. The number of likely N-dealkylation sites (tertiary alicyclic amines) is 1. The molecule has 0 bridgehead atoms. The van der Waals surface area contributed by atoms with Crippen LogP contribution in [-0.2, 0) is 4.74 Å². The molecule has 1 fully saturated rings. The number of ether oxygens (including phenoxy) is 2. The van der Waals surface area contributed by atoms with Crippen LogP contribution in [0.25, 0.3) is 0 Å². The van der Waals surface area contributed by atoms with Crippen molar-refractivity contribution < 1.29 is 9.47 Å². The highest BCUT2D eigenvalue weighted by Gasteiger charge is 2.23. The summed E-state index contributed by atoms with van der Waals surface area (Å²) in [5.74, 6) is 1.78. The summed E-state index contributed by atoms with van der Waals surface area (Å²) in [5.41, 5.74) is 1.27. The quantitative estimate of drug-likeness (QED) is 0.410. The highest BCUT2D eigenvalue weighted by atomic mass is 16.5. The third-order valence-electron chi connectivity index (χ3n) is 5.29. The molecule has 7 nitrogen and oxygen atoms in total. The molecule has 2 rings (SSSR count). The van der Waals surface area contributed by atoms with Crippen LogP contribution in [0.3, 0.4) is 0 Å². The summed E-state index contributed by atoms with van der Waals surface area (Å²) in [5, 5.41) is 6.83. The van der Waals surface area contributed by atoms with Gasteiger partial charge in [0.15, 0.2) is 5.96 Å². The lowest BCUT2D eigenvalue weighted by atomic mass is 10.1. The largest absolute Gasteiger partial charge is 0.497 e. The number of likely N-dealkylation sites (N-methyl/N-ethyl adjacent to an activating group) is 1. The predicted octanol–water partition coefficient (Wildman–Crippen LogP) is 1.97. The van der Waals surface area contributed by atoms with Crippen LogP contribution < -0.4 is 15.4 Å². The molecule has 2 N–H and O–H groups in total. The van der Waals surface area contributed by atoms with Crippen LogP contribution in [0.15, 0.2) is 29.3 Å². The number of benzene rings is 1. The van der Waals surface area contributed by atoms with E-state index in [9.17, 15) is 0 Å². The number of guanidine groups is 1. The fourth-order valence-corrected chi connectivity index (χ4v) is 3.58. The molecule has 7 heteroatoms. The Morgan fingerprint density at radius 3 is 2.69 bits per heavy atom. The maximum Gasteiger partial charge on any atom is 0.191 e. The van der Waals surface area contributed by atoms with E-state index in [1.165, 1.54) is 18.4 Å². The van der Waals surface area contributed by atoms with E-state index in [0.717, 1.165) is 64.1 Å². The van der Waals surface area contributed by atoms with Crippen molar-refractivity contribution in [1.82, 2.24) is 20.4 Å². The second-order valence-corrected chi connectivity index (χ2v) is 7.48. The van der Waals surface area contributed by atoms with E-state index < -0.39 is 0 Å². The van der Waals surface area contributed by atoms with Crippen LogP contribution in [0.1, 0.15) is 31.4 Å². The minimum absolute atomic E-state index is 0.271. The number of hydrogen-bond donors (Lipinski definition) is 2. The minimum Gasteiger partial charge on any atom is -0.497 e. The molecule has 1 atom stereocenters. The third kappa shape index (κ3) is 8.20. The number of rotatable bonds is 12. The zero-order chi connectivity index (χ0) is 20.9. The Balaban J connectivity index is 2.01. The highest BCUT2D eigenvalue weighted by molar-refractivity contribution is 5.79. The molecule has 0 aliphatic carbocycles. The van der Waals surface area contributed by atoms with Gasteiger partial charge in [-0.3, -0.25) is 9.89 Å². The first-order chi connectivity index (χ1) is 14.2. The summed E-state index contributed by atoms with van der Waals surface area (Å²) in [6.45, 7) is 9.40. The first kappa shape index (κ1) is 23.4. The average Bonchev–Trinajstić information content (AvgIpc) is 3.27. The molecule has 1 aromatic carbocycles. The monoisotopic (exact) mass is 405 g/mol. The van der Waals surface area contributed by atoms with Crippen LogP contribution in [0.5, 0.6) is 5.75 Å². The number of methoxy groups -OCH3 is 2. The summed E-state index contributed by atoms with van der Waals surface area (Å²) in [7, 11) is 5.57. The Labute approximate surface area is 176 Å². The van der Waals surface area contributed by atoms with Crippen molar-refractivity contribution in [2.24, 2.45) is 4.99 Å². The smallest absolute Gasteiger partial charge is 0.191 e. The summed E-state index contributed by atoms with van der Waals surface area (Å²) in [6.07, 6.45) is 2.52. The Kier molecular flexibility index (Phi) is 10.8. The number of nitrogens with zero attached hydrogens (tertiary/aromatic N) is 3. The molecule has 0 spiro atoms. The molecule has 29 heavy (non-hydrogen) atoms. The Morgan fingerprint density at radius 2 is 2.00 bits per heavy atom. The van der Waals surface area contributed by atoms with E-state index in [0.29, 0.717) is 0 Å². The van der Waals surface area contributed by atoms with Gasteiger partial charge in [0, 0.05) is 33.3 Å². The standard InChI is InChI=1S/C22H39N5O2/c1-5-23-22(24-11-14-26(2)15-16-28-3)25-18-21(27-12-6-7-13-27)19-9-8-10-20(17-19)29-4/h8-10,17,21H,5-7,11-16,18H2,1-4H3,(H2,23,24,25). The van der Waals surface area contributed by atoms with Gasteiger partial charge in [0.2, 0.25) is 0 Å². The normalized spacial score (nSPS) is 16.2. The molecular weight excluding hydrogens is 366 g/mol. The van der Waals surface area contributed by atoms with Crippen molar-refractivity contribution in [2.45, 2.75) is 25.8 Å². The lowest BCUT2D eigenvalue weighted by Crippen LogP contribution is -2.42. The lowest BCUT2D eigenvalue weighted by Gasteiger charge is -2.27. The van der Waals surface area contributed by atoms with Crippen molar-refractivity contribution in [3.05, 3.63) is 29.8 Å². The zero-order valence-electron chi connectivity index (χ0n) is 18.6. The molecule has 1 unspecified atom stereocenters. The van der Waals surface area contributed by atoms with Crippen LogP contribution >= 0.6 is 0 Å². The van der Waals surface area contributed by atoms with Gasteiger partial charge in [-0.2, -0.15) is 0 Å². The molecule has 0 radical (unpaired) electrons. The van der Waals surface area contributed by atoms with Crippen LogP contribution in [0.2, 0.25) is 0 Å². The zero-order valence-corrected chi connectivity index (χ0v) is 18.6. The Hall–Kier alpha value is -1.83. The van der Waals surface area contributed by atoms with Crippen molar-refractivity contribution in [1.29, 1.82) is 0 Å². The van der Waals surface area contributed by atoms with Gasteiger partial charge in [-0.15, -0.1) is 0 Å². The first-order valence-corrected chi connectivity index (χ1v) is 10.8. The molecule has 1 heterocycles. The van der Waals surface area contributed by atoms with Gasteiger partial charge >= 0.3 is 0 Å². The van der Waals surface area contributed by atoms with Gasteiger partial charge in [0.25, 0.3) is 0 Å². The molecule has 0 amide bonds. The topological polar surface area (TPSA) is 61.4 Å². The van der Waals surface area contributed by atoms with Crippen LogP contribution in [0.4, 0.5) is 0 Å². The van der Waals surface area contributed by atoms with Gasteiger partial charge in [0.05, 0.1) is 26.3 Å². The molecule has 1 aromatic rings. The summed E-state index contributed by atoms with van der Waals surface area (Å²) in [6, 6.07) is 8.67. The second kappa shape index (κ2) is 13.4. The molecule has 0 saturated carbocycles. The van der Waals surface area contributed by atoms with Gasteiger partial charge in [-0.25, -0.2) is 0 Å². The van der Waals surface area contributed by atoms with Crippen molar-refractivity contribution in [3.63, 3.8) is 0 Å². The van der Waals surface area contributed by atoms with Gasteiger partial charge in [0.1, 0.15) is 5.75 Å². The van der Waals surface area contributed by atoms with Crippen molar-refractivity contribution in [2.75, 3.05) is 73.7 Å².